The predicted octanol–water partition coefficient (Wildman–Crippen LogP) is 7.85. The van der Waals surface area contributed by atoms with Crippen LogP contribution in [0.3, 0.4) is 0 Å². The molecule has 1 aliphatic rings. The first-order valence-corrected chi connectivity index (χ1v) is 13.2. The van der Waals surface area contributed by atoms with E-state index in [0.29, 0.717) is 5.92 Å². The molecular weight excluding hydrogens is 436 g/mol. The molecule has 2 aromatic heterocycles. The first-order valence-electron chi connectivity index (χ1n) is 12.4. The molecule has 4 aromatic rings. The number of rotatable bonds is 6. The number of thiophene rings is 1. The number of fused-ring (bicyclic) bond motifs is 1. The van der Waals surface area contributed by atoms with E-state index in [2.05, 4.69) is 87.2 Å². The van der Waals surface area contributed by atoms with E-state index in [1.54, 1.807) is 11.1 Å². The molecule has 3 nitrogen and oxygen atoms in total. The van der Waals surface area contributed by atoms with Crippen LogP contribution in [0.25, 0.3) is 11.5 Å². The molecular formula is C30H34N2OS. The van der Waals surface area contributed by atoms with Gasteiger partial charge in [-0.15, -0.1) is 11.3 Å². The number of hydrogen-bond acceptors (Lipinski definition) is 4. The number of hydrogen-bond donors (Lipinski definition) is 0. The molecule has 0 spiro atoms. The molecule has 0 amide bonds. The Balaban J connectivity index is 1.47. The van der Waals surface area contributed by atoms with Crippen LogP contribution in [0.15, 0.2) is 59.0 Å². The van der Waals surface area contributed by atoms with Gasteiger partial charge in [0.2, 0.25) is 5.89 Å². The number of nitrogens with zero attached hydrogens (tertiary/aromatic N) is 2. The molecule has 5 rings (SSSR count). The number of benzene rings is 2. The maximum absolute atomic E-state index is 6.16. The molecule has 0 radical (unpaired) electrons. The number of oxazole rings is 1. The lowest BCUT2D eigenvalue weighted by Crippen LogP contribution is -2.35. The van der Waals surface area contributed by atoms with Gasteiger partial charge in [0.05, 0.1) is 11.7 Å². The Hall–Kier alpha value is -2.69. The van der Waals surface area contributed by atoms with Crippen molar-refractivity contribution >= 4 is 11.3 Å². The molecule has 1 aliphatic heterocycles. The molecule has 0 N–H and O–H groups in total. The Labute approximate surface area is 207 Å². The van der Waals surface area contributed by atoms with Gasteiger partial charge >= 0.3 is 0 Å². The summed E-state index contributed by atoms with van der Waals surface area (Å²) in [5, 5.41) is 0. The van der Waals surface area contributed by atoms with Crippen LogP contribution in [-0.4, -0.2) is 16.4 Å². The average Bonchev–Trinajstić information content (AvgIpc) is 3.37. The lowest BCUT2D eigenvalue weighted by Gasteiger charge is -2.36. The van der Waals surface area contributed by atoms with Crippen molar-refractivity contribution in [2.45, 2.75) is 66.0 Å². The van der Waals surface area contributed by atoms with Gasteiger partial charge < -0.3 is 4.42 Å². The van der Waals surface area contributed by atoms with Gasteiger partial charge in [-0.1, -0.05) is 63.2 Å². The van der Waals surface area contributed by atoms with Gasteiger partial charge in [-0.2, -0.15) is 0 Å². The monoisotopic (exact) mass is 470 g/mol. The molecule has 0 fully saturated rings. The van der Waals surface area contributed by atoms with Gasteiger partial charge in [0.1, 0.15) is 5.76 Å². The Morgan fingerprint density at radius 3 is 2.47 bits per heavy atom. The van der Waals surface area contributed by atoms with Crippen LogP contribution < -0.4 is 0 Å². The lowest BCUT2D eigenvalue weighted by atomic mass is 9.91. The number of aryl methyl sites for hydroxylation is 2. The van der Waals surface area contributed by atoms with E-state index in [9.17, 15) is 0 Å². The van der Waals surface area contributed by atoms with Crippen LogP contribution in [0.1, 0.15) is 76.2 Å². The van der Waals surface area contributed by atoms with Gasteiger partial charge in [0.15, 0.2) is 0 Å². The van der Waals surface area contributed by atoms with Gasteiger partial charge in [-0.3, -0.25) is 4.90 Å². The van der Waals surface area contributed by atoms with Crippen LogP contribution in [0.4, 0.5) is 0 Å². The first-order chi connectivity index (χ1) is 16.5. The summed E-state index contributed by atoms with van der Waals surface area (Å²) in [6.45, 7) is 12.9. The summed E-state index contributed by atoms with van der Waals surface area (Å²) in [6.07, 6.45) is 2.22. The molecule has 0 bridgehead atoms. The Kier molecular flexibility index (Phi) is 6.46. The third-order valence-corrected chi connectivity index (χ3v) is 8.39. The summed E-state index contributed by atoms with van der Waals surface area (Å²) >= 11 is 1.98. The van der Waals surface area contributed by atoms with Crippen LogP contribution in [0.5, 0.6) is 0 Å². The van der Waals surface area contributed by atoms with E-state index in [-0.39, 0.29) is 6.04 Å². The molecule has 0 aliphatic carbocycles. The fourth-order valence-electron chi connectivity index (χ4n) is 5.23. The van der Waals surface area contributed by atoms with Crippen molar-refractivity contribution in [1.82, 2.24) is 9.88 Å². The second-order valence-electron chi connectivity index (χ2n) is 9.67. The zero-order valence-corrected chi connectivity index (χ0v) is 21.7. The van der Waals surface area contributed by atoms with E-state index >= 15 is 0 Å². The van der Waals surface area contributed by atoms with Crippen molar-refractivity contribution in [3.05, 3.63) is 98.1 Å². The highest BCUT2D eigenvalue weighted by Gasteiger charge is 2.33. The average molecular weight is 471 g/mol. The van der Waals surface area contributed by atoms with Crippen LogP contribution in [-0.2, 0) is 19.4 Å². The van der Waals surface area contributed by atoms with Crippen molar-refractivity contribution in [1.29, 1.82) is 0 Å². The van der Waals surface area contributed by atoms with Crippen molar-refractivity contribution in [3.8, 4) is 11.5 Å². The highest BCUT2D eigenvalue weighted by Crippen LogP contribution is 2.43. The molecule has 3 heterocycles. The normalized spacial score (nSPS) is 16.2. The molecule has 1 unspecified atom stereocenters. The largest absolute Gasteiger partial charge is 0.441 e. The van der Waals surface area contributed by atoms with Crippen LogP contribution in [0.2, 0.25) is 0 Å². The predicted molar refractivity (Wildman–Crippen MR) is 142 cm³/mol. The standard InChI is InChI=1S/C30H34N2OS/c1-6-25-21(5)34-29-26(25)16-17-32(28(29)23-10-8-7-9-11-23)18-27-20(4)33-30(31-27)24-14-12-22(13-15-24)19(2)3/h7-15,19,28H,6,16-18H2,1-5H3. The lowest BCUT2D eigenvalue weighted by molar-refractivity contribution is 0.204. The third-order valence-electron chi connectivity index (χ3n) is 7.15. The summed E-state index contributed by atoms with van der Waals surface area (Å²) in [6, 6.07) is 19.8. The van der Waals surface area contributed by atoms with Crippen molar-refractivity contribution in [2.24, 2.45) is 0 Å². The maximum atomic E-state index is 6.16. The van der Waals surface area contributed by atoms with Crippen LogP contribution in [0, 0.1) is 13.8 Å². The third kappa shape index (κ3) is 4.25. The molecule has 176 valence electrons. The highest BCUT2D eigenvalue weighted by molar-refractivity contribution is 7.12. The SMILES string of the molecule is CCc1c(C)sc2c1CCN(Cc1nc(-c3ccc(C(C)C)cc3)oc1C)C2c1ccccc1. The van der Waals surface area contributed by atoms with Crippen molar-refractivity contribution < 1.29 is 4.42 Å². The van der Waals surface area contributed by atoms with E-state index in [0.717, 1.165) is 48.8 Å². The van der Waals surface area contributed by atoms with Gasteiger partial charge in [-0.05, 0) is 67.0 Å². The smallest absolute Gasteiger partial charge is 0.226 e. The highest BCUT2D eigenvalue weighted by atomic mass is 32.1. The zero-order chi connectivity index (χ0) is 23.8. The molecule has 4 heteroatoms. The molecule has 1 atom stereocenters. The topological polar surface area (TPSA) is 29.3 Å². The second-order valence-corrected chi connectivity index (χ2v) is 10.9. The summed E-state index contributed by atoms with van der Waals surface area (Å²) in [7, 11) is 0. The summed E-state index contributed by atoms with van der Waals surface area (Å²) in [4.78, 5) is 10.5. The fraction of sp³-hybridized carbons (Fsp3) is 0.367. The molecule has 0 saturated heterocycles. The van der Waals surface area contributed by atoms with E-state index in [1.807, 2.05) is 18.3 Å². The maximum Gasteiger partial charge on any atom is 0.226 e. The zero-order valence-electron chi connectivity index (χ0n) is 20.9. The van der Waals surface area contributed by atoms with Gasteiger partial charge in [-0.25, -0.2) is 4.98 Å². The summed E-state index contributed by atoms with van der Waals surface area (Å²) < 4.78 is 6.16. The van der Waals surface area contributed by atoms with Crippen molar-refractivity contribution in [2.75, 3.05) is 6.54 Å². The quantitative estimate of drug-likeness (QED) is 0.287. The van der Waals surface area contributed by atoms with Gasteiger partial charge in [0.25, 0.3) is 0 Å². The minimum Gasteiger partial charge on any atom is -0.441 e. The van der Waals surface area contributed by atoms with E-state index in [1.165, 1.54) is 20.9 Å². The molecule has 0 saturated carbocycles. The van der Waals surface area contributed by atoms with Crippen molar-refractivity contribution in [3.63, 3.8) is 0 Å². The summed E-state index contributed by atoms with van der Waals surface area (Å²) in [5.41, 5.74) is 7.91. The van der Waals surface area contributed by atoms with Gasteiger partial charge in [0, 0.05) is 28.4 Å². The Bertz CT molecular complexity index is 1270. The minimum atomic E-state index is 0.263. The van der Waals surface area contributed by atoms with Crippen LogP contribution >= 0.6 is 11.3 Å². The van der Waals surface area contributed by atoms with E-state index in [4.69, 9.17) is 9.40 Å². The fourth-order valence-corrected chi connectivity index (χ4v) is 6.69. The number of aromatic nitrogens is 1. The first kappa shape index (κ1) is 23.1. The Morgan fingerprint density at radius 2 is 1.79 bits per heavy atom. The minimum absolute atomic E-state index is 0.263. The second kappa shape index (κ2) is 9.52. The van der Waals surface area contributed by atoms with E-state index < -0.39 is 0 Å². The Morgan fingerprint density at radius 1 is 1.06 bits per heavy atom. The summed E-state index contributed by atoms with van der Waals surface area (Å²) in [5.74, 6) is 2.15. The molecule has 2 aromatic carbocycles. The molecule has 34 heavy (non-hydrogen) atoms.